The van der Waals surface area contributed by atoms with Gasteiger partial charge in [-0.25, -0.2) is 9.78 Å². The zero-order chi connectivity index (χ0) is 16.7. The lowest BCUT2D eigenvalue weighted by Gasteiger charge is -2.08. The summed E-state index contributed by atoms with van der Waals surface area (Å²) < 4.78 is 2.94. The highest BCUT2D eigenvalue weighted by Crippen LogP contribution is 2.18. The van der Waals surface area contributed by atoms with E-state index in [9.17, 15) is 14.7 Å². The lowest BCUT2D eigenvalue weighted by atomic mass is 10.3. The molecule has 0 amide bonds. The normalized spacial score (nSPS) is 11.2. The molecule has 7 heteroatoms. The predicted molar refractivity (Wildman–Crippen MR) is 87.3 cm³/mol. The standard InChI is InChI=1S/C17H12N4O3/c22-16-12-8-13(17(23)24)21(10-11-4-3-6-18-9-11)15(12)19-14-5-1-2-7-20(14)16/h1-9H,10H2,(H,23,24). The van der Waals surface area contributed by atoms with E-state index in [1.165, 1.54) is 15.0 Å². The first-order chi connectivity index (χ1) is 11.6. The molecule has 1 N–H and O–H groups in total. The van der Waals surface area contributed by atoms with Gasteiger partial charge >= 0.3 is 5.97 Å². The van der Waals surface area contributed by atoms with Gasteiger partial charge in [0.05, 0.1) is 11.9 Å². The number of nitrogens with zero attached hydrogens (tertiary/aromatic N) is 4. The predicted octanol–water partition coefficient (Wildman–Crippen LogP) is 1.79. The van der Waals surface area contributed by atoms with Gasteiger partial charge in [0.15, 0.2) is 0 Å². The molecule has 0 fully saturated rings. The van der Waals surface area contributed by atoms with E-state index in [4.69, 9.17) is 0 Å². The summed E-state index contributed by atoms with van der Waals surface area (Å²) in [7, 11) is 0. The summed E-state index contributed by atoms with van der Waals surface area (Å²) in [5.74, 6) is -1.11. The van der Waals surface area contributed by atoms with Crippen molar-refractivity contribution in [3.8, 4) is 0 Å². The van der Waals surface area contributed by atoms with Gasteiger partial charge in [-0.05, 0) is 29.8 Å². The minimum absolute atomic E-state index is 0.0226. The maximum Gasteiger partial charge on any atom is 0.352 e. The van der Waals surface area contributed by atoms with Crippen molar-refractivity contribution in [3.05, 3.63) is 76.6 Å². The minimum Gasteiger partial charge on any atom is -0.477 e. The fraction of sp³-hybridized carbons (Fsp3) is 0.0588. The number of pyridine rings is 2. The number of aromatic carboxylic acids is 1. The molecule has 24 heavy (non-hydrogen) atoms. The first-order valence-corrected chi connectivity index (χ1v) is 7.28. The molecule has 4 heterocycles. The zero-order valence-corrected chi connectivity index (χ0v) is 12.5. The maximum atomic E-state index is 12.6. The second kappa shape index (κ2) is 5.31. The van der Waals surface area contributed by atoms with Crippen LogP contribution < -0.4 is 5.56 Å². The Hall–Kier alpha value is -3.48. The van der Waals surface area contributed by atoms with Gasteiger partial charge in [-0.2, -0.15) is 0 Å². The molecule has 0 aliphatic carbocycles. The molecular weight excluding hydrogens is 308 g/mol. The van der Waals surface area contributed by atoms with Crippen molar-refractivity contribution in [3.63, 3.8) is 0 Å². The molecule has 7 nitrogen and oxygen atoms in total. The van der Waals surface area contributed by atoms with Crippen molar-refractivity contribution in [1.82, 2.24) is 18.9 Å². The van der Waals surface area contributed by atoms with Gasteiger partial charge in [0, 0.05) is 18.6 Å². The van der Waals surface area contributed by atoms with E-state index in [1.807, 2.05) is 6.07 Å². The summed E-state index contributed by atoms with van der Waals surface area (Å²) in [6.45, 7) is 0.272. The molecule has 0 bridgehead atoms. The molecule has 0 spiro atoms. The monoisotopic (exact) mass is 320 g/mol. The molecule has 0 radical (unpaired) electrons. The smallest absolute Gasteiger partial charge is 0.352 e. The number of rotatable bonds is 3. The van der Waals surface area contributed by atoms with Crippen molar-refractivity contribution in [2.24, 2.45) is 0 Å². The molecule has 0 aliphatic rings. The molecule has 0 aliphatic heterocycles. The van der Waals surface area contributed by atoms with Crippen molar-refractivity contribution < 1.29 is 9.90 Å². The van der Waals surface area contributed by atoms with Gasteiger partial charge in [0.25, 0.3) is 5.56 Å². The van der Waals surface area contributed by atoms with Gasteiger partial charge in [-0.15, -0.1) is 0 Å². The SMILES string of the molecule is O=C(O)c1cc2c(=O)n3ccccc3nc2n1Cc1cccnc1. The number of hydrogen-bond donors (Lipinski definition) is 1. The van der Waals surface area contributed by atoms with E-state index in [1.54, 1.807) is 42.9 Å². The number of carbonyl (C=O) groups is 1. The van der Waals surface area contributed by atoms with Crippen LogP contribution in [0.1, 0.15) is 16.1 Å². The Bertz CT molecular complexity index is 1130. The van der Waals surface area contributed by atoms with E-state index in [0.29, 0.717) is 11.3 Å². The third kappa shape index (κ3) is 2.14. The van der Waals surface area contributed by atoms with E-state index >= 15 is 0 Å². The summed E-state index contributed by atoms with van der Waals surface area (Å²) >= 11 is 0. The fourth-order valence-electron chi connectivity index (χ4n) is 2.76. The van der Waals surface area contributed by atoms with Gasteiger partial charge in [0.1, 0.15) is 17.0 Å². The average Bonchev–Trinajstić information content (AvgIpc) is 2.95. The van der Waals surface area contributed by atoms with E-state index in [2.05, 4.69) is 9.97 Å². The van der Waals surface area contributed by atoms with Crippen LogP contribution in [0.3, 0.4) is 0 Å². The summed E-state index contributed by atoms with van der Waals surface area (Å²) in [6.07, 6.45) is 4.92. The van der Waals surface area contributed by atoms with Crippen LogP contribution in [0.15, 0.2) is 59.8 Å². The molecule has 0 saturated carbocycles. The Balaban J connectivity index is 2.04. The van der Waals surface area contributed by atoms with E-state index in [-0.39, 0.29) is 23.2 Å². The van der Waals surface area contributed by atoms with Crippen LogP contribution in [-0.4, -0.2) is 30.0 Å². The number of hydrogen-bond acceptors (Lipinski definition) is 4. The quantitative estimate of drug-likeness (QED) is 0.621. The highest BCUT2D eigenvalue weighted by Gasteiger charge is 2.19. The summed E-state index contributed by atoms with van der Waals surface area (Å²) in [6, 6.07) is 10.2. The molecule has 0 atom stereocenters. The van der Waals surface area contributed by atoms with Crippen LogP contribution in [0.25, 0.3) is 16.7 Å². The van der Waals surface area contributed by atoms with Crippen molar-refractivity contribution in [2.75, 3.05) is 0 Å². The second-order valence-corrected chi connectivity index (χ2v) is 5.37. The van der Waals surface area contributed by atoms with Crippen LogP contribution in [0.2, 0.25) is 0 Å². The lowest BCUT2D eigenvalue weighted by Crippen LogP contribution is -2.15. The number of fused-ring (bicyclic) bond motifs is 2. The van der Waals surface area contributed by atoms with Crippen LogP contribution in [0.5, 0.6) is 0 Å². The van der Waals surface area contributed by atoms with E-state index < -0.39 is 5.97 Å². The molecule has 4 rings (SSSR count). The van der Waals surface area contributed by atoms with Gasteiger partial charge in [-0.1, -0.05) is 12.1 Å². The Morgan fingerprint density at radius 2 is 2.08 bits per heavy atom. The Kier molecular flexibility index (Phi) is 3.13. The molecular formula is C17H12N4O3. The summed E-state index contributed by atoms with van der Waals surface area (Å²) in [4.78, 5) is 32.8. The molecule has 0 unspecified atom stereocenters. The lowest BCUT2D eigenvalue weighted by molar-refractivity contribution is 0.0686. The first kappa shape index (κ1) is 14.1. The number of aromatic nitrogens is 4. The van der Waals surface area contributed by atoms with Crippen LogP contribution in [0, 0.1) is 0 Å². The van der Waals surface area contributed by atoms with Gasteiger partial charge in [-0.3, -0.25) is 14.2 Å². The fourth-order valence-corrected chi connectivity index (χ4v) is 2.76. The molecule has 4 aromatic heterocycles. The van der Waals surface area contributed by atoms with Crippen LogP contribution in [0.4, 0.5) is 0 Å². The topological polar surface area (TPSA) is 89.5 Å². The Morgan fingerprint density at radius 3 is 2.83 bits per heavy atom. The second-order valence-electron chi connectivity index (χ2n) is 5.37. The van der Waals surface area contributed by atoms with Crippen molar-refractivity contribution in [1.29, 1.82) is 0 Å². The van der Waals surface area contributed by atoms with Crippen LogP contribution in [-0.2, 0) is 6.54 Å². The summed E-state index contributed by atoms with van der Waals surface area (Å²) in [5, 5.41) is 9.78. The van der Waals surface area contributed by atoms with Crippen molar-refractivity contribution in [2.45, 2.75) is 6.54 Å². The Morgan fingerprint density at radius 1 is 1.21 bits per heavy atom. The molecule has 0 aromatic carbocycles. The van der Waals surface area contributed by atoms with E-state index in [0.717, 1.165) is 5.56 Å². The van der Waals surface area contributed by atoms with Gasteiger partial charge < -0.3 is 9.67 Å². The van der Waals surface area contributed by atoms with Gasteiger partial charge in [0.2, 0.25) is 0 Å². The maximum absolute atomic E-state index is 12.6. The zero-order valence-electron chi connectivity index (χ0n) is 12.5. The third-order valence-corrected chi connectivity index (χ3v) is 3.86. The highest BCUT2D eigenvalue weighted by molar-refractivity contribution is 5.93. The highest BCUT2D eigenvalue weighted by atomic mass is 16.4. The molecule has 118 valence electrons. The third-order valence-electron chi connectivity index (χ3n) is 3.86. The largest absolute Gasteiger partial charge is 0.477 e. The average molecular weight is 320 g/mol. The van der Waals surface area contributed by atoms with Crippen LogP contribution >= 0.6 is 0 Å². The number of carboxylic acid groups (broad SMARTS) is 1. The Labute approximate surface area is 135 Å². The summed E-state index contributed by atoms with van der Waals surface area (Å²) in [5.41, 5.74) is 1.38. The first-order valence-electron chi connectivity index (χ1n) is 7.28. The van der Waals surface area contributed by atoms with Crippen molar-refractivity contribution >= 4 is 22.6 Å². The minimum atomic E-state index is -1.11. The molecule has 0 saturated heterocycles. The number of carboxylic acids is 1. The molecule has 4 aromatic rings.